The average Bonchev–Trinajstić information content (AvgIpc) is 3.29. The second kappa shape index (κ2) is 6.27. The fraction of sp³-hybridized carbons (Fsp3) is 0.294. The third kappa shape index (κ3) is 3.45. The number of para-hydroxylation sites is 1. The minimum atomic E-state index is -3.06. The highest BCUT2D eigenvalue weighted by Gasteiger charge is 2.32. The second-order valence-corrected chi connectivity index (χ2v) is 9.33. The summed E-state index contributed by atoms with van der Waals surface area (Å²) in [4.78, 5) is 16.6. The van der Waals surface area contributed by atoms with Crippen molar-refractivity contribution in [1.29, 1.82) is 0 Å². The van der Waals surface area contributed by atoms with Gasteiger partial charge in [0.15, 0.2) is 20.6 Å². The van der Waals surface area contributed by atoms with Gasteiger partial charge in [0, 0.05) is 0 Å². The van der Waals surface area contributed by atoms with Crippen LogP contribution in [-0.4, -0.2) is 30.8 Å². The van der Waals surface area contributed by atoms with E-state index in [1.165, 1.54) is 0 Å². The minimum absolute atomic E-state index is 0.0616. The highest BCUT2D eigenvalue weighted by molar-refractivity contribution is 7.91. The quantitative estimate of drug-likeness (QED) is 0.756. The minimum Gasteiger partial charge on any atom is -0.457 e. The molecular formula is C17H16N2O4S2. The smallest absolute Gasteiger partial charge is 0.224 e. The van der Waals surface area contributed by atoms with E-state index in [4.69, 9.17) is 4.42 Å². The number of nitrogens with one attached hydrogen (secondary N) is 1. The number of sulfone groups is 1. The molecule has 1 aliphatic heterocycles. The molecule has 4 rings (SSSR count). The van der Waals surface area contributed by atoms with Gasteiger partial charge < -0.3 is 9.73 Å². The summed E-state index contributed by atoms with van der Waals surface area (Å²) in [5, 5.41) is 3.55. The summed E-state index contributed by atoms with van der Waals surface area (Å²) in [6.45, 7) is 0.236. The summed E-state index contributed by atoms with van der Waals surface area (Å²) in [5.74, 6) is 0.613. The van der Waals surface area contributed by atoms with E-state index in [1.807, 2.05) is 30.3 Å². The third-order valence-corrected chi connectivity index (χ3v) is 7.03. The number of hydrogen-bond donors (Lipinski definition) is 1. The van der Waals surface area contributed by atoms with E-state index in [0.29, 0.717) is 17.9 Å². The van der Waals surface area contributed by atoms with Gasteiger partial charge >= 0.3 is 0 Å². The Kier molecular flexibility index (Phi) is 4.09. The van der Waals surface area contributed by atoms with Crippen LogP contribution in [0.1, 0.15) is 12.2 Å². The molecule has 3 heterocycles. The van der Waals surface area contributed by atoms with E-state index in [1.54, 1.807) is 17.4 Å². The summed E-state index contributed by atoms with van der Waals surface area (Å²) in [5.41, 5.74) is 0.927. The van der Waals surface area contributed by atoms with Crippen molar-refractivity contribution in [2.75, 3.05) is 11.5 Å². The Morgan fingerprint density at radius 1 is 1.28 bits per heavy atom. The van der Waals surface area contributed by atoms with Gasteiger partial charge in [-0.1, -0.05) is 12.1 Å². The number of thiazole rings is 1. The van der Waals surface area contributed by atoms with Crippen LogP contribution in [0.2, 0.25) is 0 Å². The molecule has 0 radical (unpaired) electrons. The van der Waals surface area contributed by atoms with Crippen LogP contribution in [0.3, 0.4) is 0 Å². The Balaban J connectivity index is 1.42. The fourth-order valence-corrected chi connectivity index (χ4v) is 5.55. The van der Waals surface area contributed by atoms with Crippen LogP contribution >= 0.6 is 11.3 Å². The van der Waals surface area contributed by atoms with Gasteiger partial charge in [-0.25, -0.2) is 13.4 Å². The Labute approximate surface area is 148 Å². The highest BCUT2D eigenvalue weighted by atomic mass is 32.2. The Morgan fingerprint density at radius 3 is 2.88 bits per heavy atom. The lowest BCUT2D eigenvalue weighted by Crippen LogP contribution is -2.30. The predicted molar refractivity (Wildman–Crippen MR) is 95.9 cm³/mol. The van der Waals surface area contributed by atoms with Gasteiger partial charge in [-0.05, 0) is 30.7 Å². The number of carbonyl (C=O) groups is 1. The zero-order valence-corrected chi connectivity index (χ0v) is 14.9. The first kappa shape index (κ1) is 16.3. The largest absolute Gasteiger partial charge is 0.457 e. The first-order valence-electron chi connectivity index (χ1n) is 7.93. The van der Waals surface area contributed by atoms with E-state index >= 15 is 0 Å². The molecule has 1 unspecified atom stereocenters. The molecule has 0 aliphatic carbocycles. The lowest BCUT2D eigenvalue weighted by molar-refractivity contribution is -0.124. The molecular weight excluding hydrogens is 360 g/mol. The number of rotatable bonds is 4. The average molecular weight is 376 g/mol. The highest BCUT2D eigenvalue weighted by Crippen LogP contribution is 2.31. The van der Waals surface area contributed by atoms with Crippen LogP contribution < -0.4 is 5.32 Å². The molecule has 6 nitrogen and oxygen atoms in total. The van der Waals surface area contributed by atoms with Crippen LogP contribution in [0, 0.1) is 5.92 Å². The van der Waals surface area contributed by atoms with Gasteiger partial charge in [0.2, 0.25) is 5.91 Å². The standard InChI is InChI=1S/C17H16N2O4S2/c20-16(11-7-8-25(21,22)10-11)18-9-12-5-6-14(23-12)17-19-13-3-1-2-4-15(13)24-17/h1-6,11H,7-10H2,(H,18,20). The SMILES string of the molecule is O=C(NCc1ccc(-c2nc3ccccc3s2)o1)C1CCS(=O)(=O)C1. The number of amides is 1. The summed E-state index contributed by atoms with van der Waals surface area (Å²) in [7, 11) is -3.06. The number of furan rings is 1. The van der Waals surface area contributed by atoms with E-state index in [0.717, 1.165) is 15.2 Å². The van der Waals surface area contributed by atoms with Crippen molar-refractivity contribution in [2.45, 2.75) is 13.0 Å². The van der Waals surface area contributed by atoms with Gasteiger partial charge in [-0.2, -0.15) is 0 Å². The molecule has 0 saturated carbocycles. The van der Waals surface area contributed by atoms with Crippen molar-refractivity contribution in [3.8, 4) is 10.8 Å². The first-order valence-corrected chi connectivity index (χ1v) is 10.6. The first-order chi connectivity index (χ1) is 12.0. The molecule has 2 aromatic heterocycles. The van der Waals surface area contributed by atoms with Gasteiger partial charge in [-0.3, -0.25) is 4.79 Å². The second-order valence-electron chi connectivity index (χ2n) is 6.07. The molecule has 1 aromatic carbocycles. The Morgan fingerprint density at radius 2 is 2.12 bits per heavy atom. The van der Waals surface area contributed by atoms with Crippen LogP contribution in [0.5, 0.6) is 0 Å². The van der Waals surface area contributed by atoms with Crippen LogP contribution in [0.15, 0.2) is 40.8 Å². The Hall–Kier alpha value is -2.19. The van der Waals surface area contributed by atoms with Crippen molar-refractivity contribution in [3.63, 3.8) is 0 Å². The van der Waals surface area contributed by atoms with Crippen LogP contribution in [-0.2, 0) is 21.2 Å². The lowest BCUT2D eigenvalue weighted by atomic mass is 10.1. The molecule has 0 spiro atoms. The lowest BCUT2D eigenvalue weighted by Gasteiger charge is -2.07. The molecule has 130 valence electrons. The number of carbonyl (C=O) groups excluding carboxylic acids is 1. The number of fused-ring (bicyclic) bond motifs is 1. The van der Waals surface area contributed by atoms with Crippen molar-refractivity contribution >= 4 is 37.3 Å². The topological polar surface area (TPSA) is 89.3 Å². The molecule has 8 heteroatoms. The van der Waals surface area contributed by atoms with E-state index in [-0.39, 0.29) is 24.0 Å². The number of nitrogens with zero attached hydrogens (tertiary/aromatic N) is 1. The van der Waals surface area contributed by atoms with Gasteiger partial charge in [-0.15, -0.1) is 11.3 Å². The number of hydrogen-bond acceptors (Lipinski definition) is 6. The summed E-state index contributed by atoms with van der Waals surface area (Å²) in [6.07, 6.45) is 0.392. The van der Waals surface area contributed by atoms with Gasteiger partial charge in [0.1, 0.15) is 5.76 Å². The number of benzene rings is 1. The maximum atomic E-state index is 12.1. The zero-order chi connectivity index (χ0) is 17.4. The van der Waals surface area contributed by atoms with Crippen molar-refractivity contribution in [3.05, 3.63) is 42.2 Å². The van der Waals surface area contributed by atoms with Crippen molar-refractivity contribution in [1.82, 2.24) is 10.3 Å². The molecule has 1 atom stereocenters. The van der Waals surface area contributed by atoms with Gasteiger partial charge in [0.05, 0.1) is 34.2 Å². The molecule has 1 fully saturated rings. The zero-order valence-electron chi connectivity index (χ0n) is 13.3. The maximum Gasteiger partial charge on any atom is 0.224 e. The molecule has 25 heavy (non-hydrogen) atoms. The van der Waals surface area contributed by atoms with E-state index in [2.05, 4.69) is 10.3 Å². The summed E-state index contributed by atoms with van der Waals surface area (Å²) in [6, 6.07) is 11.5. The van der Waals surface area contributed by atoms with E-state index < -0.39 is 15.8 Å². The third-order valence-electron chi connectivity index (χ3n) is 4.21. The Bertz CT molecular complexity index is 1000. The molecule has 1 amide bonds. The summed E-state index contributed by atoms with van der Waals surface area (Å²) < 4.78 is 29.8. The van der Waals surface area contributed by atoms with E-state index in [9.17, 15) is 13.2 Å². The molecule has 1 N–H and O–H groups in total. The summed E-state index contributed by atoms with van der Waals surface area (Å²) >= 11 is 1.55. The predicted octanol–water partition coefficient (Wildman–Crippen LogP) is 2.61. The normalized spacial score (nSPS) is 19.3. The van der Waals surface area contributed by atoms with Crippen molar-refractivity contribution in [2.24, 2.45) is 5.92 Å². The molecule has 1 aliphatic rings. The molecule has 0 bridgehead atoms. The van der Waals surface area contributed by atoms with Crippen LogP contribution in [0.25, 0.3) is 21.0 Å². The molecule has 1 saturated heterocycles. The van der Waals surface area contributed by atoms with Crippen LogP contribution in [0.4, 0.5) is 0 Å². The van der Waals surface area contributed by atoms with Gasteiger partial charge in [0.25, 0.3) is 0 Å². The number of aromatic nitrogens is 1. The fourth-order valence-electron chi connectivity index (χ4n) is 2.89. The molecule has 3 aromatic rings. The van der Waals surface area contributed by atoms with Crippen molar-refractivity contribution < 1.29 is 17.6 Å². The monoisotopic (exact) mass is 376 g/mol. The maximum absolute atomic E-state index is 12.1.